The van der Waals surface area contributed by atoms with Crippen LogP contribution in [0.1, 0.15) is 36.3 Å². The zero-order chi connectivity index (χ0) is 12.4. The fourth-order valence-electron chi connectivity index (χ4n) is 2.94. The Labute approximate surface area is 108 Å². The van der Waals surface area contributed by atoms with Gasteiger partial charge in [-0.05, 0) is 36.9 Å². The molecule has 1 aliphatic heterocycles. The molecular formula is C15H20N2O. The van der Waals surface area contributed by atoms with Gasteiger partial charge in [0.1, 0.15) is 0 Å². The summed E-state index contributed by atoms with van der Waals surface area (Å²) >= 11 is 0. The van der Waals surface area contributed by atoms with Crippen molar-refractivity contribution in [2.24, 2.45) is 0 Å². The van der Waals surface area contributed by atoms with E-state index in [1.54, 1.807) is 0 Å². The highest BCUT2D eigenvalue weighted by atomic mass is 16.2. The van der Waals surface area contributed by atoms with E-state index in [1.807, 2.05) is 12.1 Å². The Bertz CT molecular complexity index is 436. The number of hydrogen-bond acceptors (Lipinski definition) is 2. The van der Waals surface area contributed by atoms with E-state index in [0.29, 0.717) is 6.04 Å². The average Bonchev–Trinajstić information content (AvgIpc) is 2.59. The van der Waals surface area contributed by atoms with E-state index < -0.39 is 0 Å². The molecule has 18 heavy (non-hydrogen) atoms. The lowest BCUT2D eigenvalue weighted by Crippen LogP contribution is -2.45. The van der Waals surface area contributed by atoms with Crippen LogP contribution in [0.5, 0.6) is 0 Å². The third kappa shape index (κ3) is 2.27. The molecule has 3 nitrogen and oxygen atoms in total. The Morgan fingerprint density at radius 2 is 2.17 bits per heavy atom. The number of nitrogens with one attached hydrogen (secondary N) is 2. The normalized spacial score (nSPS) is 26.7. The van der Waals surface area contributed by atoms with Crippen molar-refractivity contribution >= 4 is 5.91 Å². The summed E-state index contributed by atoms with van der Waals surface area (Å²) in [5, 5.41) is 6.58. The van der Waals surface area contributed by atoms with E-state index in [4.69, 9.17) is 0 Å². The van der Waals surface area contributed by atoms with Gasteiger partial charge in [0.05, 0.1) is 5.92 Å². The van der Waals surface area contributed by atoms with Crippen LogP contribution >= 0.6 is 0 Å². The van der Waals surface area contributed by atoms with Crippen molar-refractivity contribution in [3.05, 3.63) is 35.4 Å². The Balaban J connectivity index is 1.60. The topological polar surface area (TPSA) is 41.1 Å². The molecule has 96 valence electrons. The standard InChI is InChI=1S/C15H20N2O/c18-15(17-12-6-3-4-8-16-10-12)14-9-11-5-1-2-7-13(11)14/h1-2,5,7,12,14,16H,3-4,6,8-10H2,(H,17,18). The van der Waals surface area contributed by atoms with Gasteiger partial charge in [0.2, 0.25) is 5.91 Å². The molecule has 1 heterocycles. The molecule has 0 saturated carbocycles. The lowest BCUT2D eigenvalue weighted by Gasteiger charge is -2.30. The Morgan fingerprint density at radius 3 is 3.06 bits per heavy atom. The first-order valence-corrected chi connectivity index (χ1v) is 6.93. The molecule has 0 bridgehead atoms. The molecule has 1 aromatic carbocycles. The Kier molecular flexibility index (Phi) is 3.33. The van der Waals surface area contributed by atoms with Crippen molar-refractivity contribution in [1.29, 1.82) is 0 Å². The number of amides is 1. The van der Waals surface area contributed by atoms with Crippen molar-refractivity contribution in [3.63, 3.8) is 0 Å². The number of rotatable bonds is 2. The van der Waals surface area contributed by atoms with Crippen LogP contribution in [0.2, 0.25) is 0 Å². The molecule has 3 rings (SSSR count). The van der Waals surface area contributed by atoms with E-state index in [2.05, 4.69) is 22.8 Å². The number of benzene rings is 1. The molecule has 2 aliphatic rings. The molecule has 1 aromatic rings. The maximum atomic E-state index is 12.2. The first-order chi connectivity index (χ1) is 8.84. The predicted octanol–water partition coefficient (Wildman–Crippen LogP) is 1.58. The smallest absolute Gasteiger partial charge is 0.228 e. The molecule has 0 radical (unpaired) electrons. The number of hydrogen-bond donors (Lipinski definition) is 2. The zero-order valence-corrected chi connectivity index (χ0v) is 10.6. The lowest BCUT2D eigenvalue weighted by molar-refractivity contribution is -0.123. The Hall–Kier alpha value is -1.35. The molecule has 1 aliphatic carbocycles. The molecule has 2 atom stereocenters. The minimum absolute atomic E-state index is 0.0875. The maximum Gasteiger partial charge on any atom is 0.228 e. The number of fused-ring (bicyclic) bond motifs is 1. The summed E-state index contributed by atoms with van der Waals surface area (Å²) in [6, 6.07) is 8.57. The van der Waals surface area contributed by atoms with Crippen LogP contribution in [0.25, 0.3) is 0 Å². The molecule has 2 unspecified atom stereocenters. The molecule has 1 saturated heterocycles. The van der Waals surface area contributed by atoms with Gasteiger partial charge in [-0.2, -0.15) is 0 Å². The summed E-state index contributed by atoms with van der Waals surface area (Å²) in [7, 11) is 0. The molecule has 1 fully saturated rings. The fourth-order valence-corrected chi connectivity index (χ4v) is 2.94. The van der Waals surface area contributed by atoms with Gasteiger partial charge < -0.3 is 10.6 Å². The summed E-state index contributed by atoms with van der Waals surface area (Å²) < 4.78 is 0. The third-order valence-electron chi connectivity index (χ3n) is 4.06. The van der Waals surface area contributed by atoms with Crippen LogP contribution in [-0.2, 0) is 11.2 Å². The number of carbonyl (C=O) groups is 1. The van der Waals surface area contributed by atoms with Gasteiger partial charge in [0.25, 0.3) is 0 Å². The van der Waals surface area contributed by atoms with Crippen LogP contribution in [0.4, 0.5) is 0 Å². The monoisotopic (exact) mass is 244 g/mol. The Morgan fingerprint density at radius 1 is 1.28 bits per heavy atom. The molecule has 1 amide bonds. The van der Waals surface area contributed by atoms with E-state index in [0.717, 1.165) is 25.9 Å². The summed E-state index contributed by atoms with van der Waals surface area (Å²) in [6.45, 7) is 2.00. The summed E-state index contributed by atoms with van der Waals surface area (Å²) in [5.41, 5.74) is 2.55. The van der Waals surface area contributed by atoms with Crippen molar-refractivity contribution < 1.29 is 4.79 Å². The van der Waals surface area contributed by atoms with Crippen LogP contribution < -0.4 is 10.6 Å². The summed E-state index contributed by atoms with van der Waals surface area (Å²) in [5.74, 6) is 0.298. The first kappa shape index (κ1) is 11.7. The van der Waals surface area contributed by atoms with Gasteiger partial charge >= 0.3 is 0 Å². The second kappa shape index (κ2) is 5.11. The fraction of sp³-hybridized carbons (Fsp3) is 0.533. The van der Waals surface area contributed by atoms with Crippen LogP contribution in [0, 0.1) is 0 Å². The number of carbonyl (C=O) groups excluding carboxylic acids is 1. The van der Waals surface area contributed by atoms with Crippen LogP contribution in [0.15, 0.2) is 24.3 Å². The zero-order valence-electron chi connectivity index (χ0n) is 10.6. The molecule has 0 spiro atoms. The minimum Gasteiger partial charge on any atom is -0.352 e. The first-order valence-electron chi connectivity index (χ1n) is 6.93. The van der Waals surface area contributed by atoms with Crippen LogP contribution in [0.3, 0.4) is 0 Å². The maximum absolute atomic E-state index is 12.2. The second-order valence-electron chi connectivity index (χ2n) is 5.36. The highest BCUT2D eigenvalue weighted by molar-refractivity contribution is 5.87. The van der Waals surface area contributed by atoms with Crippen molar-refractivity contribution in [2.45, 2.75) is 37.6 Å². The van der Waals surface area contributed by atoms with Gasteiger partial charge in [-0.15, -0.1) is 0 Å². The SMILES string of the molecule is O=C(NC1CCCCNC1)C1Cc2ccccc21. The molecule has 3 heteroatoms. The minimum atomic E-state index is 0.0875. The molecule has 2 N–H and O–H groups in total. The van der Waals surface area contributed by atoms with E-state index in [1.165, 1.54) is 24.0 Å². The average molecular weight is 244 g/mol. The van der Waals surface area contributed by atoms with Gasteiger partial charge in [-0.3, -0.25) is 4.79 Å². The van der Waals surface area contributed by atoms with Crippen LogP contribution in [-0.4, -0.2) is 25.0 Å². The summed E-state index contributed by atoms with van der Waals surface area (Å²) in [6.07, 6.45) is 4.44. The highest BCUT2D eigenvalue weighted by Gasteiger charge is 2.32. The lowest BCUT2D eigenvalue weighted by atomic mass is 9.77. The van der Waals surface area contributed by atoms with E-state index in [-0.39, 0.29) is 11.8 Å². The largest absolute Gasteiger partial charge is 0.352 e. The van der Waals surface area contributed by atoms with Gasteiger partial charge in [0, 0.05) is 12.6 Å². The second-order valence-corrected chi connectivity index (χ2v) is 5.36. The predicted molar refractivity (Wildman–Crippen MR) is 71.5 cm³/mol. The van der Waals surface area contributed by atoms with Gasteiger partial charge in [-0.1, -0.05) is 30.7 Å². The van der Waals surface area contributed by atoms with Crippen molar-refractivity contribution in [2.75, 3.05) is 13.1 Å². The molecule has 0 aromatic heterocycles. The summed E-state index contributed by atoms with van der Waals surface area (Å²) in [4.78, 5) is 12.2. The van der Waals surface area contributed by atoms with Crippen molar-refractivity contribution in [1.82, 2.24) is 10.6 Å². The highest BCUT2D eigenvalue weighted by Crippen LogP contribution is 2.34. The van der Waals surface area contributed by atoms with Gasteiger partial charge in [0.15, 0.2) is 0 Å². The van der Waals surface area contributed by atoms with E-state index >= 15 is 0 Å². The van der Waals surface area contributed by atoms with Gasteiger partial charge in [-0.25, -0.2) is 0 Å². The quantitative estimate of drug-likeness (QED) is 0.829. The molecular weight excluding hydrogens is 224 g/mol. The van der Waals surface area contributed by atoms with E-state index in [9.17, 15) is 4.79 Å². The van der Waals surface area contributed by atoms with Crippen molar-refractivity contribution in [3.8, 4) is 0 Å². The third-order valence-corrected chi connectivity index (χ3v) is 4.06.